The monoisotopic (exact) mass is 466 g/mol. The Hall–Kier alpha value is -4.10. The zero-order valence-corrected chi connectivity index (χ0v) is 19.7. The van der Waals surface area contributed by atoms with Crippen LogP contribution in [0.2, 0.25) is 0 Å². The third-order valence-corrected chi connectivity index (χ3v) is 6.25. The van der Waals surface area contributed by atoms with Crippen LogP contribution in [0, 0.1) is 13.8 Å². The molecule has 0 amide bonds. The Labute approximate surface area is 202 Å². The van der Waals surface area contributed by atoms with E-state index in [0.717, 1.165) is 27.8 Å². The van der Waals surface area contributed by atoms with Crippen molar-refractivity contribution >= 4 is 11.0 Å². The normalized spacial score (nSPS) is 12.3. The van der Waals surface area contributed by atoms with Crippen LogP contribution in [0.5, 0.6) is 0 Å². The van der Waals surface area contributed by atoms with E-state index in [2.05, 4.69) is 27.1 Å². The van der Waals surface area contributed by atoms with Gasteiger partial charge < -0.3 is 9.30 Å². The first-order chi connectivity index (χ1) is 17.0. The summed E-state index contributed by atoms with van der Waals surface area (Å²) < 4.78 is 8.32. The van der Waals surface area contributed by atoms with E-state index in [-0.39, 0.29) is 17.6 Å². The average Bonchev–Trinajstić information content (AvgIpc) is 2.85. The lowest BCUT2D eigenvalue weighted by Crippen LogP contribution is -2.31. The van der Waals surface area contributed by atoms with Gasteiger partial charge in [-0.05, 0) is 48.2 Å². The second-order valence-corrected chi connectivity index (χ2v) is 8.80. The molecule has 0 aliphatic carbocycles. The van der Waals surface area contributed by atoms with Gasteiger partial charge in [0.25, 0.3) is 5.56 Å². The fraction of sp³-hybridized carbons (Fsp3) is 0.214. The highest BCUT2D eigenvalue weighted by Crippen LogP contribution is 2.25. The van der Waals surface area contributed by atoms with Crippen molar-refractivity contribution in [3.05, 3.63) is 116 Å². The summed E-state index contributed by atoms with van der Waals surface area (Å²) in [5, 5.41) is 0. The van der Waals surface area contributed by atoms with E-state index in [1.165, 1.54) is 0 Å². The van der Waals surface area contributed by atoms with Gasteiger partial charge in [-0.15, -0.1) is 0 Å². The summed E-state index contributed by atoms with van der Waals surface area (Å²) in [6, 6.07) is 24.1. The number of ether oxygens (including phenoxy) is 1. The number of fused-ring (bicyclic) bond motifs is 2. The minimum Gasteiger partial charge on any atom is -0.371 e. The number of H-pyrrole nitrogens is 1. The first-order valence-electron chi connectivity index (χ1n) is 11.6. The third kappa shape index (κ3) is 4.90. The Kier molecular flexibility index (Phi) is 6.25. The van der Waals surface area contributed by atoms with Crippen LogP contribution in [-0.2, 0) is 24.3 Å². The van der Waals surface area contributed by atoms with Crippen molar-refractivity contribution in [2.75, 3.05) is 0 Å². The molecule has 0 spiro atoms. The summed E-state index contributed by atoms with van der Waals surface area (Å²) in [4.78, 5) is 35.7. The molecule has 0 saturated carbocycles. The van der Waals surface area contributed by atoms with Crippen molar-refractivity contribution in [2.24, 2.45) is 0 Å². The number of nitrogens with zero attached hydrogens (tertiary/aromatic N) is 3. The number of nitrogens with one attached hydrogen (secondary N) is 1. The van der Waals surface area contributed by atoms with Crippen LogP contribution in [0.3, 0.4) is 0 Å². The number of rotatable bonds is 7. The van der Waals surface area contributed by atoms with E-state index in [1.807, 2.05) is 79.1 Å². The molecule has 5 rings (SSSR count). The lowest BCUT2D eigenvalue weighted by molar-refractivity contribution is 0.0303. The van der Waals surface area contributed by atoms with Crippen molar-refractivity contribution in [1.82, 2.24) is 19.5 Å². The van der Waals surface area contributed by atoms with Crippen LogP contribution < -0.4 is 11.2 Å². The number of aromatic amines is 1. The van der Waals surface area contributed by atoms with Crippen LogP contribution in [0.4, 0.5) is 0 Å². The number of aryl methyl sites for hydroxylation is 2. The summed E-state index contributed by atoms with van der Waals surface area (Å²) in [6.45, 7) is 4.88. The summed E-state index contributed by atoms with van der Waals surface area (Å²) in [7, 11) is 0. The molecule has 1 unspecified atom stereocenters. The second kappa shape index (κ2) is 9.64. The third-order valence-electron chi connectivity index (χ3n) is 6.25. The van der Waals surface area contributed by atoms with E-state index in [9.17, 15) is 9.59 Å². The summed E-state index contributed by atoms with van der Waals surface area (Å²) in [5.74, 6) is 0.260. The molecule has 3 aromatic carbocycles. The molecule has 7 nitrogen and oxygen atoms in total. The first kappa shape index (κ1) is 22.7. The molecule has 35 heavy (non-hydrogen) atoms. The van der Waals surface area contributed by atoms with Crippen LogP contribution in [0.15, 0.2) is 82.4 Å². The predicted octanol–water partition coefficient (Wildman–Crippen LogP) is 4.03. The SMILES string of the molecule is Cc1cc2nc3c(=O)[nH]c(=O)nc-3n(CC(Cc3ccccc3)OCc3ccccc3)c2cc1C. The maximum absolute atomic E-state index is 12.6. The smallest absolute Gasteiger partial charge is 0.349 e. The van der Waals surface area contributed by atoms with Gasteiger partial charge >= 0.3 is 5.69 Å². The summed E-state index contributed by atoms with van der Waals surface area (Å²) in [5.41, 5.74) is 4.75. The van der Waals surface area contributed by atoms with Gasteiger partial charge in [0.15, 0.2) is 11.5 Å². The lowest BCUT2D eigenvalue weighted by Gasteiger charge is -2.24. The minimum absolute atomic E-state index is 0.141. The second-order valence-electron chi connectivity index (χ2n) is 8.80. The Morgan fingerprint density at radius 3 is 2.26 bits per heavy atom. The molecule has 2 aliphatic rings. The van der Waals surface area contributed by atoms with Crippen molar-refractivity contribution in [2.45, 2.75) is 39.5 Å². The minimum atomic E-state index is -0.689. The molecule has 7 heteroatoms. The largest absolute Gasteiger partial charge is 0.371 e. The molecule has 0 fully saturated rings. The maximum atomic E-state index is 12.6. The first-order valence-corrected chi connectivity index (χ1v) is 11.6. The van der Waals surface area contributed by atoms with Crippen molar-refractivity contribution < 1.29 is 4.74 Å². The zero-order chi connectivity index (χ0) is 24.4. The quantitative estimate of drug-likeness (QED) is 0.366. The molecule has 2 heterocycles. The van der Waals surface area contributed by atoms with Gasteiger partial charge in [0.05, 0.1) is 30.3 Å². The molecular formula is C28H26N4O3. The zero-order valence-electron chi connectivity index (χ0n) is 19.7. The number of hydrogen-bond acceptors (Lipinski definition) is 5. The highest BCUT2D eigenvalue weighted by Gasteiger charge is 2.22. The molecule has 1 atom stereocenters. The van der Waals surface area contributed by atoms with E-state index in [1.54, 1.807) is 0 Å². The van der Waals surface area contributed by atoms with Crippen molar-refractivity contribution in [1.29, 1.82) is 0 Å². The molecular weight excluding hydrogens is 440 g/mol. The van der Waals surface area contributed by atoms with E-state index < -0.39 is 11.2 Å². The molecule has 176 valence electrons. The van der Waals surface area contributed by atoms with E-state index >= 15 is 0 Å². The highest BCUT2D eigenvalue weighted by molar-refractivity contribution is 5.81. The Morgan fingerprint density at radius 1 is 0.886 bits per heavy atom. The van der Waals surface area contributed by atoms with Crippen LogP contribution in [-0.4, -0.2) is 25.6 Å². The van der Waals surface area contributed by atoms with Gasteiger partial charge in [0.2, 0.25) is 0 Å². The van der Waals surface area contributed by atoms with Gasteiger partial charge in [-0.25, -0.2) is 9.78 Å². The molecule has 0 radical (unpaired) electrons. The Balaban J connectivity index is 1.62. The van der Waals surface area contributed by atoms with Gasteiger partial charge in [-0.1, -0.05) is 60.7 Å². The van der Waals surface area contributed by atoms with Gasteiger partial charge in [-0.3, -0.25) is 9.78 Å². The maximum Gasteiger partial charge on any atom is 0.349 e. The number of aromatic nitrogens is 4. The van der Waals surface area contributed by atoms with Crippen LogP contribution in [0.1, 0.15) is 22.3 Å². The molecule has 0 bridgehead atoms. The topological polar surface area (TPSA) is 89.9 Å². The van der Waals surface area contributed by atoms with Crippen molar-refractivity contribution in [3.63, 3.8) is 0 Å². The van der Waals surface area contributed by atoms with E-state index in [0.29, 0.717) is 25.1 Å². The fourth-order valence-electron chi connectivity index (χ4n) is 4.28. The van der Waals surface area contributed by atoms with Crippen molar-refractivity contribution in [3.8, 4) is 11.5 Å². The number of benzene rings is 3. The molecule has 1 N–H and O–H groups in total. The van der Waals surface area contributed by atoms with Gasteiger partial charge in [-0.2, -0.15) is 4.98 Å². The molecule has 0 aromatic heterocycles. The number of hydrogen-bond donors (Lipinski definition) is 1. The summed E-state index contributed by atoms with van der Waals surface area (Å²) >= 11 is 0. The molecule has 3 aromatic rings. The Morgan fingerprint density at radius 2 is 1.54 bits per heavy atom. The highest BCUT2D eigenvalue weighted by atomic mass is 16.5. The predicted molar refractivity (Wildman–Crippen MR) is 136 cm³/mol. The fourth-order valence-corrected chi connectivity index (χ4v) is 4.28. The molecule has 2 aliphatic heterocycles. The van der Waals surface area contributed by atoms with Gasteiger partial charge in [0, 0.05) is 6.42 Å². The molecule has 0 saturated heterocycles. The Bertz CT molecular complexity index is 1560. The average molecular weight is 467 g/mol. The van der Waals surface area contributed by atoms with E-state index in [4.69, 9.17) is 4.74 Å². The van der Waals surface area contributed by atoms with Crippen LogP contribution >= 0.6 is 0 Å². The summed E-state index contributed by atoms with van der Waals surface area (Å²) in [6.07, 6.45) is 0.416. The standard InChI is InChI=1S/C28H26N4O3/c1-18-13-23-24(14-19(18)2)32(26-25(29-23)27(33)31-28(34)30-26)16-22(15-20-9-5-3-6-10-20)35-17-21-11-7-4-8-12-21/h3-14,22H,15-17H2,1-2H3,(H,31,33,34). The lowest BCUT2D eigenvalue weighted by atomic mass is 10.1. The van der Waals surface area contributed by atoms with Crippen LogP contribution in [0.25, 0.3) is 22.6 Å². The van der Waals surface area contributed by atoms with Gasteiger partial charge in [0.1, 0.15) is 0 Å².